The SMILES string of the molecule is COc1ncccc1CNC(=O)CS[C@H]1CCS(=O)(=O)C1. The second-order valence-corrected chi connectivity index (χ2v) is 8.30. The number of nitrogens with zero attached hydrogens (tertiary/aromatic N) is 1. The van der Waals surface area contributed by atoms with Crippen LogP contribution >= 0.6 is 11.8 Å². The fourth-order valence-corrected chi connectivity index (χ4v) is 5.55. The van der Waals surface area contributed by atoms with Crippen LogP contribution in [0.5, 0.6) is 5.88 Å². The summed E-state index contributed by atoms with van der Waals surface area (Å²) < 4.78 is 27.8. The number of pyridine rings is 1. The van der Waals surface area contributed by atoms with E-state index < -0.39 is 9.84 Å². The third-order valence-electron chi connectivity index (χ3n) is 3.16. The van der Waals surface area contributed by atoms with E-state index in [0.29, 0.717) is 18.8 Å². The van der Waals surface area contributed by atoms with Crippen molar-refractivity contribution in [1.29, 1.82) is 0 Å². The second-order valence-electron chi connectivity index (χ2n) is 4.78. The number of carbonyl (C=O) groups is 1. The average Bonchev–Trinajstić information content (AvgIpc) is 2.82. The molecule has 0 saturated carbocycles. The predicted molar refractivity (Wildman–Crippen MR) is 82.2 cm³/mol. The van der Waals surface area contributed by atoms with Gasteiger partial charge in [-0.3, -0.25) is 4.79 Å². The Kier molecular flexibility index (Phi) is 5.46. The minimum Gasteiger partial charge on any atom is -0.481 e. The number of carbonyl (C=O) groups excluding carboxylic acids is 1. The van der Waals surface area contributed by atoms with Gasteiger partial charge in [-0.2, -0.15) is 0 Å². The number of thioether (sulfide) groups is 1. The van der Waals surface area contributed by atoms with Crippen molar-refractivity contribution in [3.8, 4) is 5.88 Å². The number of rotatable bonds is 6. The molecule has 1 aromatic heterocycles. The molecule has 1 aliphatic rings. The molecule has 2 rings (SSSR count). The Morgan fingerprint density at radius 3 is 3.05 bits per heavy atom. The molecule has 1 amide bonds. The van der Waals surface area contributed by atoms with Crippen LogP contribution in [0.25, 0.3) is 0 Å². The first-order valence-electron chi connectivity index (χ1n) is 6.57. The molecule has 8 heteroatoms. The molecule has 1 fully saturated rings. The molecule has 0 unspecified atom stereocenters. The predicted octanol–water partition coefficient (Wildman–Crippen LogP) is 0.627. The number of hydrogen-bond donors (Lipinski definition) is 1. The first kappa shape index (κ1) is 16.1. The van der Waals surface area contributed by atoms with E-state index in [1.165, 1.54) is 18.9 Å². The summed E-state index contributed by atoms with van der Waals surface area (Å²) in [6.07, 6.45) is 2.26. The lowest BCUT2D eigenvalue weighted by atomic mass is 10.2. The summed E-state index contributed by atoms with van der Waals surface area (Å²) in [5, 5.41) is 2.82. The van der Waals surface area contributed by atoms with E-state index in [4.69, 9.17) is 4.74 Å². The highest BCUT2D eigenvalue weighted by Crippen LogP contribution is 2.24. The van der Waals surface area contributed by atoms with Gasteiger partial charge in [-0.15, -0.1) is 11.8 Å². The van der Waals surface area contributed by atoms with Crippen LogP contribution in [0.3, 0.4) is 0 Å². The van der Waals surface area contributed by atoms with Gasteiger partial charge in [0.05, 0.1) is 24.4 Å². The Morgan fingerprint density at radius 1 is 1.57 bits per heavy atom. The highest BCUT2D eigenvalue weighted by molar-refractivity contribution is 8.02. The van der Waals surface area contributed by atoms with Crippen LogP contribution in [0.1, 0.15) is 12.0 Å². The number of methoxy groups -OCH3 is 1. The zero-order chi connectivity index (χ0) is 15.3. The van der Waals surface area contributed by atoms with Gasteiger partial charge in [0.1, 0.15) is 0 Å². The van der Waals surface area contributed by atoms with Gasteiger partial charge < -0.3 is 10.1 Å². The molecular formula is C13H18N2O4S2. The zero-order valence-electron chi connectivity index (χ0n) is 11.7. The maximum Gasteiger partial charge on any atom is 0.230 e. The summed E-state index contributed by atoms with van der Waals surface area (Å²) in [7, 11) is -1.35. The maximum atomic E-state index is 11.8. The topological polar surface area (TPSA) is 85.4 Å². The molecule has 0 aliphatic carbocycles. The minimum atomic E-state index is -2.88. The van der Waals surface area contributed by atoms with Crippen LogP contribution in [-0.4, -0.2) is 48.9 Å². The number of hydrogen-bond acceptors (Lipinski definition) is 6. The Bertz CT molecular complexity index is 604. The number of aromatic nitrogens is 1. The van der Waals surface area contributed by atoms with E-state index in [-0.39, 0.29) is 28.4 Å². The van der Waals surface area contributed by atoms with Gasteiger partial charge in [-0.1, -0.05) is 6.07 Å². The molecule has 0 spiro atoms. The summed E-state index contributed by atoms with van der Waals surface area (Å²) in [5.41, 5.74) is 0.807. The summed E-state index contributed by atoms with van der Waals surface area (Å²) >= 11 is 1.40. The monoisotopic (exact) mass is 330 g/mol. The smallest absolute Gasteiger partial charge is 0.230 e. The Labute approximate surface area is 128 Å². The third kappa shape index (κ3) is 4.89. The molecule has 6 nitrogen and oxygen atoms in total. The van der Waals surface area contributed by atoms with E-state index in [1.807, 2.05) is 6.07 Å². The minimum absolute atomic E-state index is 0.0358. The molecule has 1 N–H and O–H groups in total. The Balaban J connectivity index is 1.75. The van der Waals surface area contributed by atoms with Gasteiger partial charge >= 0.3 is 0 Å². The molecule has 1 aliphatic heterocycles. The maximum absolute atomic E-state index is 11.8. The van der Waals surface area contributed by atoms with E-state index in [0.717, 1.165) is 5.56 Å². The fourth-order valence-electron chi connectivity index (χ4n) is 2.07. The number of sulfone groups is 1. The lowest BCUT2D eigenvalue weighted by Crippen LogP contribution is -2.26. The first-order chi connectivity index (χ1) is 10.00. The van der Waals surface area contributed by atoms with E-state index in [9.17, 15) is 13.2 Å². The van der Waals surface area contributed by atoms with Gasteiger partial charge in [0, 0.05) is 23.6 Å². The van der Waals surface area contributed by atoms with Crippen LogP contribution in [0.2, 0.25) is 0 Å². The number of amides is 1. The average molecular weight is 330 g/mol. The summed E-state index contributed by atoms with van der Waals surface area (Å²) in [6.45, 7) is 0.347. The zero-order valence-corrected chi connectivity index (χ0v) is 13.4. The van der Waals surface area contributed by atoms with Crippen LogP contribution in [0.15, 0.2) is 18.3 Å². The lowest BCUT2D eigenvalue weighted by molar-refractivity contribution is -0.118. The molecule has 0 radical (unpaired) electrons. The third-order valence-corrected chi connectivity index (χ3v) is 6.44. The quantitative estimate of drug-likeness (QED) is 0.823. The molecule has 2 heterocycles. The molecule has 21 heavy (non-hydrogen) atoms. The van der Waals surface area contributed by atoms with Crippen LogP contribution in [0, 0.1) is 0 Å². The Morgan fingerprint density at radius 2 is 2.38 bits per heavy atom. The van der Waals surface area contributed by atoms with Gasteiger partial charge in [-0.25, -0.2) is 13.4 Å². The van der Waals surface area contributed by atoms with Gasteiger partial charge in [0.15, 0.2) is 9.84 Å². The van der Waals surface area contributed by atoms with Crippen LogP contribution in [-0.2, 0) is 21.2 Å². The lowest BCUT2D eigenvalue weighted by Gasteiger charge is -2.10. The molecule has 116 valence electrons. The second kappa shape index (κ2) is 7.13. The van der Waals surface area contributed by atoms with Gasteiger partial charge in [0.25, 0.3) is 0 Å². The van der Waals surface area contributed by atoms with Crippen LogP contribution in [0.4, 0.5) is 0 Å². The summed E-state index contributed by atoms with van der Waals surface area (Å²) in [5.74, 6) is 1.06. The highest BCUT2D eigenvalue weighted by Gasteiger charge is 2.28. The number of nitrogens with one attached hydrogen (secondary N) is 1. The molecule has 1 saturated heterocycles. The van der Waals surface area contributed by atoms with Gasteiger partial charge in [0.2, 0.25) is 11.8 Å². The van der Waals surface area contributed by atoms with Crippen molar-refractivity contribution >= 4 is 27.5 Å². The van der Waals surface area contributed by atoms with Crippen molar-refractivity contribution in [2.45, 2.75) is 18.2 Å². The summed E-state index contributed by atoms with van der Waals surface area (Å²) in [4.78, 5) is 15.8. The largest absolute Gasteiger partial charge is 0.481 e. The van der Waals surface area contributed by atoms with Crippen molar-refractivity contribution in [2.75, 3.05) is 24.4 Å². The molecule has 0 bridgehead atoms. The molecule has 1 aromatic rings. The van der Waals surface area contributed by atoms with Crippen molar-refractivity contribution < 1.29 is 17.9 Å². The number of ether oxygens (including phenoxy) is 1. The first-order valence-corrected chi connectivity index (χ1v) is 9.44. The van der Waals surface area contributed by atoms with E-state index in [1.54, 1.807) is 12.3 Å². The molecular weight excluding hydrogens is 312 g/mol. The van der Waals surface area contributed by atoms with Crippen LogP contribution < -0.4 is 10.1 Å². The standard InChI is InChI=1S/C13H18N2O4S2/c1-19-13-10(3-2-5-14-13)7-15-12(16)8-20-11-4-6-21(17,18)9-11/h2-3,5,11H,4,6-9H2,1H3,(H,15,16)/t11-/m0/s1. The van der Waals surface area contributed by atoms with E-state index >= 15 is 0 Å². The molecule has 1 atom stereocenters. The van der Waals surface area contributed by atoms with Crippen molar-refractivity contribution in [1.82, 2.24) is 10.3 Å². The van der Waals surface area contributed by atoms with Gasteiger partial charge in [-0.05, 0) is 12.5 Å². The fraction of sp³-hybridized carbons (Fsp3) is 0.538. The summed E-state index contributed by atoms with van der Waals surface area (Å²) in [6, 6.07) is 3.62. The Hall–Kier alpha value is -1.28. The van der Waals surface area contributed by atoms with Crippen molar-refractivity contribution in [3.63, 3.8) is 0 Å². The molecule has 0 aromatic carbocycles. The van der Waals surface area contributed by atoms with Crippen molar-refractivity contribution in [3.05, 3.63) is 23.9 Å². The normalized spacial score (nSPS) is 20.1. The highest BCUT2D eigenvalue weighted by atomic mass is 32.2. The van der Waals surface area contributed by atoms with Crippen molar-refractivity contribution in [2.24, 2.45) is 0 Å². The van der Waals surface area contributed by atoms with E-state index in [2.05, 4.69) is 10.3 Å².